The predicted octanol–water partition coefficient (Wildman–Crippen LogP) is 4.10. The zero-order chi connectivity index (χ0) is 20.5. The van der Waals surface area contributed by atoms with E-state index < -0.39 is 17.7 Å². The topological polar surface area (TPSA) is 77.8 Å². The number of aliphatic hydroxyl groups is 1. The van der Waals surface area contributed by atoms with Crippen molar-refractivity contribution in [2.24, 2.45) is 0 Å². The van der Waals surface area contributed by atoms with Gasteiger partial charge in [0.25, 0.3) is 11.7 Å². The summed E-state index contributed by atoms with van der Waals surface area (Å²) < 4.78 is 0. The van der Waals surface area contributed by atoms with Crippen LogP contribution in [0.4, 0.5) is 0 Å². The summed E-state index contributed by atoms with van der Waals surface area (Å²) in [6.45, 7) is 2.35. The number of nitrogens with zero attached hydrogens (tertiary/aromatic N) is 1. The quantitative estimate of drug-likeness (QED) is 0.467. The minimum atomic E-state index is -0.661. The van der Waals surface area contributed by atoms with Crippen LogP contribution in [0.5, 0.6) is 5.75 Å². The first-order valence-corrected chi connectivity index (χ1v) is 10.2. The SMILES string of the molecule is CCCN1C(=O)C(=O)/C(=C(\O)c2ccc3c(c2)CCCC3)C1c1ccc(O)cc1. The molecule has 2 aromatic rings. The monoisotopic (exact) mass is 391 g/mol. The van der Waals surface area contributed by atoms with Gasteiger partial charge in [0.2, 0.25) is 0 Å². The molecule has 1 heterocycles. The molecule has 0 spiro atoms. The molecule has 2 aliphatic rings. The van der Waals surface area contributed by atoms with Crippen molar-refractivity contribution in [2.75, 3.05) is 6.54 Å². The molecule has 1 unspecified atom stereocenters. The molecule has 0 aromatic heterocycles. The molecule has 4 rings (SSSR count). The lowest BCUT2D eigenvalue weighted by Gasteiger charge is -2.25. The number of aliphatic hydroxyl groups excluding tert-OH is 1. The van der Waals surface area contributed by atoms with Gasteiger partial charge in [-0.1, -0.05) is 31.2 Å². The van der Waals surface area contributed by atoms with Crippen molar-refractivity contribution in [3.05, 3.63) is 70.3 Å². The van der Waals surface area contributed by atoms with Gasteiger partial charge in [-0.25, -0.2) is 0 Å². The van der Waals surface area contributed by atoms with E-state index in [0.717, 1.165) is 19.3 Å². The van der Waals surface area contributed by atoms with Gasteiger partial charge in [-0.2, -0.15) is 0 Å². The van der Waals surface area contributed by atoms with Gasteiger partial charge in [0.1, 0.15) is 11.5 Å². The van der Waals surface area contributed by atoms with Gasteiger partial charge in [-0.3, -0.25) is 9.59 Å². The number of ketones is 1. The Balaban J connectivity index is 1.84. The first-order chi connectivity index (χ1) is 14.0. The van der Waals surface area contributed by atoms with Crippen LogP contribution in [0.1, 0.15) is 54.5 Å². The molecular formula is C24H25NO4. The highest BCUT2D eigenvalue weighted by Gasteiger charge is 2.45. The van der Waals surface area contributed by atoms with E-state index in [2.05, 4.69) is 0 Å². The van der Waals surface area contributed by atoms with Gasteiger partial charge in [0.05, 0.1) is 11.6 Å². The standard InChI is InChI=1S/C24H25NO4/c1-2-13-25-21(16-9-11-19(26)12-10-16)20(23(28)24(25)29)22(27)18-8-7-15-5-3-4-6-17(15)14-18/h7-12,14,21,26-27H,2-6,13H2,1H3/b22-20-. The first-order valence-electron chi connectivity index (χ1n) is 10.2. The highest BCUT2D eigenvalue weighted by molar-refractivity contribution is 6.46. The Morgan fingerprint density at radius 3 is 2.41 bits per heavy atom. The second-order valence-corrected chi connectivity index (χ2v) is 7.77. The van der Waals surface area contributed by atoms with Crippen LogP contribution in [0.3, 0.4) is 0 Å². The van der Waals surface area contributed by atoms with Gasteiger partial charge >= 0.3 is 0 Å². The lowest BCUT2D eigenvalue weighted by molar-refractivity contribution is -0.139. The molecule has 5 nitrogen and oxygen atoms in total. The number of carbonyl (C=O) groups excluding carboxylic acids is 2. The van der Waals surface area contributed by atoms with E-state index in [9.17, 15) is 19.8 Å². The first kappa shape index (κ1) is 19.2. The summed E-state index contributed by atoms with van der Waals surface area (Å²) in [5.74, 6) is -1.28. The van der Waals surface area contributed by atoms with E-state index in [1.165, 1.54) is 34.6 Å². The van der Waals surface area contributed by atoms with E-state index in [0.29, 0.717) is 24.1 Å². The molecule has 0 bridgehead atoms. The van der Waals surface area contributed by atoms with Crippen LogP contribution >= 0.6 is 0 Å². The zero-order valence-corrected chi connectivity index (χ0v) is 16.5. The number of phenols is 1. The number of carbonyl (C=O) groups is 2. The molecule has 150 valence electrons. The fraction of sp³-hybridized carbons (Fsp3) is 0.333. The molecule has 1 amide bonds. The third-order valence-corrected chi connectivity index (χ3v) is 5.84. The number of rotatable bonds is 4. The molecular weight excluding hydrogens is 366 g/mol. The summed E-state index contributed by atoms with van der Waals surface area (Å²) >= 11 is 0. The lowest BCUT2D eigenvalue weighted by atomic mass is 9.88. The number of hydrogen-bond acceptors (Lipinski definition) is 4. The minimum Gasteiger partial charge on any atom is -0.508 e. The van der Waals surface area contributed by atoms with Crippen LogP contribution in [-0.4, -0.2) is 33.3 Å². The summed E-state index contributed by atoms with van der Waals surface area (Å²) in [7, 11) is 0. The number of likely N-dealkylation sites (tertiary alicyclic amines) is 1. The second-order valence-electron chi connectivity index (χ2n) is 7.77. The number of aryl methyl sites for hydroxylation is 2. The maximum atomic E-state index is 12.9. The normalized spacial score (nSPS) is 20.7. The lowest BCUT2D eigenvalue weighted by Crippen LogP contribution is -2.30. The molecule has 2 aromatic carbocycles. The van der Waals surface area contributed by atoms with E-state index in [1.807, 2.05) is 25.1 Å². The van der Waals surface area contributed by atoms with E-state index >= 15 is 0 Å². The predicted molar refractivity (Wildman–Crippen MR) is 110 cm³/mol. The van der Waals surface area contributed by atoms with Gasteiger partial charge in [0.15, 0.2) is 0 Å². The van der Waals surface area contributed by atoms with E-state index in [1.54, 1.807) is 12.1 Å². The summed E-state index contributed by atoms with van der Waals surface area (Å²) in [6.07, 6.45) is 4.97. The third kappa shape index (κ3) is 3.41. The molecule has 1 fully saturated rings. The Morgan fingerprint density at radius 2 is 1.72 bits per heavy atom. The molecule has 0 saturated carbocycles. The smallest absolute Gasteiger partial charge is 0.295 e. The van der Waals surface area contributed by atoms with Gasteiger partial charge in [0, 0.05) is 12.1 Å². The average Bonchev–Trinajstić information content (AvgIpc) is 2.99. The van der Waals surface area contributed by atoms with Crippen molar-refractivity contribution in [1.29, 1.82) is 0 Å². The Bertz CT molecular complexity index is 990. The van der Waals surface area contributed by atoms with Crippen LogP contribution in [0.15, 0.2) is 48.0 Å². The highest BCUT2D eigenvalue weighted by atomic mass is 16.3. The number of amides is 1. The van der Waals surface area contributed by atoms with Crippen LogP contribution in [0.25, 0.3) is 5.76 Å². The Kier molecular flexibility index (Phi) is 5.14. The number of fused-ring (bicyclic) bond motifs is 1. The van der Waals surface area contributed by atoms with Crippen molar-refractivity contribution in [1.82, 2.24) is 4.90 Å². The maximum Gasteiger partial charge on any atom is 0.295 e. The van der Waals surface area contributed by atoms with Crippen molar-refractivity contribution in [3.63, 3.8) is 0 Å². The van der Waals surface area contributed by atoms with Crippen LogP contribution in [-0.2, 0) is 22.4 Å². The van der Waals surface area contributed by atoms with Crippen molar-refractivity contribution < 1.29 is 19.8 Å². The number of hydrogen-bond donors (Lipinski definition) is 2. The summed E-state index contributed by atoms with van der Waals surface area (Å²) in [4.78, 5) is 27.1. The molecule has 0 radical (unpaired) electrons. The van der Waals surface area contributed by atoms with Gasteiger partial charge in [-0.15, -0.1) is 0 Å². The van der Waals surface area contributed by atoms with Crippen LogP contribution in [0, 0.1) is 0 Å². The van der Waals surface area contributed by atoms with Crippen LogP contribution in [0.2, 0.25) is 0 Å². The van der Waals surface area contributed by atoms with E-state index in [-0.39, 0.29) is 17.1 Å². The molecule has 2 N–H and O–H groups in total. The van der Waals surface area contributed by atoms with Crippen molar-refractivity contribution >= 4 is 17.4 Å². The zero-order valence-electron chi connectivity index (χ0n) is 16.5. The second kappa shape index (κ2) is 7.74. The Hall–Kier alpha value is -3.08. The fourth-order valence-corrected chi connectivity index (χ4v) is 4.39. The maximum absolute atomic E-state index is 12.9. The summed E-state index contributed by atoms with van der Waals surface area (Å²) in [6, 6.07) is 11.6. The summed E-state index contributed by atoms with van der Waals surface area (Å²) in [5.41, 5.74) is 3.86. The molecule has 1 aliphatic carbocycles. The van der Waals surface area contributed by atoms with Crippen LogP contribution < -0.4 is 0 Å². The molecule has 5 heteroatoms. The molecule has 1 atom stereocenters. The summed E-state index contributed by atoms with van der Waals surface area (Å²) in [5, 5.41) is 20.7. The van der Waals surface area contributed by atoms with Gasteiger partial charge < -0.3 is 15.1 Å². The average molecular weight is 391 g/mol. The number of benzene rings is 2. The van der Waals surface area contributed by atoms with Gasteiger partial charge in [-0.05, 0) is 67.0 Å². The third-order valence-electron chi connectivity index (χ3n) is 5.84. The van der Waals surface area contributed by atoms with Crippen molar-refractivity contribution in [2.45, 2.75) is 45.1 Å². The largest absolute Gasteiger partial charge is 0.508 e. The number of phenolic OH excluding ortho intramolecular Hbond substituents is 1. The number of Topliss-reactive ketones (excluding diaryl/α,β-unsaturated/α-hetero) is 1. The van der Waals surface area contributed by atoms with E-state index in [4.69, 9.17) is 0 Å². The Labute approximate surface area is 170 Å². The molecule has 1 aliphatic heterocycles. The Morgan fingerprint density at radius 1 is 1.03 bits per heavy atom. The fourth-order valence-electron chi connectivity index (χ4n) is 4.39. The molecule has 29 heavy (non-hydrogen) atoms. The number of aromatic hydroxyl groups is 1. The highest BCUT2D eigenvalue weighted by Crippen LogP contribution is 2.40. The molecule has 1 saturated heterocycles. The minimum absolute atomic E-state index is 0.107. The van der Waals surface area contributed by atoms with Crippen molar-refractivity contribution in [3.8, 4) is 5.75 Å².